The number of fused-ring (bicyclic) bond motifs is 1. The molecule has 1 aliphatic heterocycles. The topological polar surface area (TPSA) is 83.6 Å². The number of amides is 2. The number of likely N-dealkylation sites (tertiary alicyclic amines) is 1. The molecule has 1 N–H and O–H groups in total. The summed E-state index contributed by atoms with van der Waals surface area (Å²) in [6.07, 6.45) is 1.09. The van der Waals surface area contributed by atoms with Crippen LogP contribution in [0.4, 0.5) is 0 Å². The molecule has 1 aliphatic carbocycles. The summed E-state index contributed by atoms with van der Waals surface area (Å²) in [4.78, 5) is 51.8. The summed E-state index contributed by atoms with van der Waals surface area (Å²) in [7, 11) is 0. The number of hydrogen-bond donors (Lipinski definition) is 1. The molecule has 1 heterocycles. The predicted molar refractivity (Wildman–Crippen MR) is 107 cm³/mol. The molecule has 0 radical (unpaired) electrons. The van der Waals surface area contributed by atoms with Crippen molar-refractivity contribution in [3.8, 4) is 0 Å². The Kier molecular flexibility index (Phi) is 6.13. The summed E-state index contributed by atoms with van der Waals surface area (Å²) in [6.45, 7) is 15.9. The zero-order chi connectivity index (χ0) is 21.6. The maximum Gasteiger partial charge on any atom is 0.243 e. The van der Waals surface area contributed by atoms with Crippen LogP contribution in [0, 0.1) is 28.6 Å². The minimum atomic E-state index is -0.812. The number of Topliss-reactive ketones (excluding diaryl/α,β-unsaturated/α-hetero) is 2. The van der Waals surface area contributed by atoms with Crippen LogP contribution in [0.1, 0.15) is 68.2 Å². The fourth-order valence-electron chi connectivity index (χ4n) is 4.49. The van der Waals surface area contributed by atoms with Crippen LogP contribution >= 0.6 is 0 Å². The van der Waals surface area contributed by atoms with Gasteiger partial charge in [0.1, 0.15) is 6.04 Å². The van der Waals surface area contributed by atoms with E-state index in [1.165, 1.54) is 6.92 Å². The van der Waals surface area contributed by atoms with Crippen molar-refractivity contribution in [2.24, 2.45) is 28.6 Å². The number of nitrogens with zero attached hydrogens (tertiary/aromatic N) is 1. The molecule has 6 nitrogen and oxygen atoms in total. The number of ketones is 2. The molecule has 28 heavy (non-hydrogen) atoms. The zero-order valence-corrected chi connectivity index (χ0v) is 18.6. The lowest BCUT2D eigenvalue weighted by Crippen LogP contribution is -2.55. The molecular weight excluding hydrogens is 356 g/mol. The van der Waals surface area contributed by atoms with Crippen LogP contribution in [-0.2, 0) is 19.2 Å². The molecule has 6 heteroatoms. The Morgan fingerprint density at radius 1 is 1.18 bits per heavy atom. The molecule has 1 saturated heterocycles. The molecule has 0 aromatic rings. The lowest BCUT2D eigenvalue weighted by Gasteiger charge is -2.36. The van der Waals surface area contributed by atoms with Crippen molar-refractivity contribution >= 4 is 23.4 Å². The summed E-state index contributed by atoms with van der Waals surface area (Å²) in [5, 5.41) is 2.80. The highest BCUT2D eigenvalue weighted by Crippen LogP contribution is 2.65. The second-order valence-corrected chi connectivity index (χ2v) is 10.2. The van der Waals surface area contributed by atoms with Gasteiger partial charge in [-0.25, -0.2) is 0 Å². The Morgan fingerprint density at radius 3 is 2.21 bits per heavy atom. The third kappa shape index (κ3) is 4.01. The van der Waals surface area contributed by atoms with E-state index in [1.807, 2.05) is 34.6 Å². The molecule has 2 fully saturated rings. The van der Waals surface area contributed by atoms with Crippen molar-refractivity contribution in [3.63, 3.8) is 0 Å². The molecule has 0 bridgehead atoms. The highest BCUT2D eigenvalue weighted by molar-refractivity contribution is 6.38. The van der Waals surface area contributed by atoms with Crippen LogP contribution in [0.2, 0.25) is 0 Å². The van der Waals surface area contributed by atoms with Crippen molar-refractivity contribution in [3.05, 3.63) is 0 Å². The third-order valence-electron chi connectivity index (χ3n) is 6.99. The summed E-state index contributed by atoms with van der Waals surface area (Å²) in [5.41, 5.74) is -0.190. The normalized spacial score (nSPS) is 27.6. The fourth-order valence-corrected chi connectivity index (χ4v) is 4.49. The number of nitrogens with one attached hydrogen (secondary N) is 1. The molecule has 0 aromatic heterocycles. The van der Waals surface area contributed by atoms with E-state index in [9.17, 15) is 19.2 Å². The largest absolute Gasteiger partial charge is 0.344 e. The summed E-state index contributed by atoms with van der Waals surface area (Å²) < 4.78 is 0. The maximum absolute atomic E-state index is 13.2. The van der Waals surface area contributed by atoms with E-state index in [-0.39, 0.29) is 34.5 Å². The van der Waals surface area contributed by atoms with Crippen LogP contribution in [0.15, 0.2) is 0 Å². The Hall–Kier alpha value is -1.72. The first-order chi connectivity index (χ1) is 12.7. The monoisotopic (exact) mass is 392 g/mol. The SMILES string of the molecule is CCC[C@H](NC(=O)[C@@H]1[C@@H]2[C@H](CN1C(=O)[C@@H](C)C(C)(C)C)C2(C)C)C(=O)C(C)=O. The van der Waals surface area contributed by atoms with Gasteiger partial charge in [0, 0.05) is 19.4 Å². The Morgan fingerprint density at radius 2 is 1.75 bits per heavy atom. The van der Waals surface area contributed by atoms with Crippen molar-refractivity contribution in [1.29, 1.82) is 0 Å². The maximum atomic E-state index is 13.2. The van der Waals surface area contributed by atoms with Crippen molar-refractivity contribution in [1.82, 2.24) is 10.2 Å². The minimum absolute atomic E-state index is 0.00853. The van der Waals surface area contributed by atoms with Crippen LogP contribution in [0.3, 0.4) is 0 Å². The predicted octanol–water partition coefficient (Wildman–Crippen LogP) is 2.59. The summed E-state index contributed by atoms with van der Waals surface area (Å²) >= 11 is 0. The highest BCUT2D eigenvalue weighted by atomic mass is 16.2. The zero-order valence-electron chi connectivity index (χ0n) is 18.6. The van der Waals surface area contributed by atoms with Crippen LogP contribution < -0.4 is 5.32 Å². The van der Waals surface area contributed by atoms with E-state index >= 15 is 0 Å². The second-order valence-electron chi connectivity index (χ2n) is 10.2. The van der Waals surface area contributed by atoms with Gasteiger partial charge >= 0.3 is 0 Å². The van der Waals surface area contributed by atoms with Gasteiger partial charge in [-0.05, 0) is 29.1 Å². The van der Waals surface area contributed by atoms with Crippen molar-refractivity contribution in [2.45, 2.75) is 80.3 Å². The Labute approximate surface area is 168 Å². The molecule has 1 saturated carbocycles. The first-order valence-electron chi connectivity index (χ1n) is 10.4. The smallest absolute Gasteiger partial charge is 0.243 e. The fraction of sp³-hybridized carbons (Fsp3) is 0.818. The van der Waals surface area contributed by atoms with Gasteiger partial charge in [-0.15, -0.1) is 0 Å². The molecule has 2 amide bonds. The lowest BCUT2D eigenvalue weighted by atomic mass is 9.81. The Bertz CT molecular complexity index is 677. The molecule has 0 aromatic carbocycles. The summed E-state index contributed by atoms with van der Waals surface area (Å²) in [6, 6.07) is -1.38. The number of carbonyl (C=O) groups excluding carboxylic acids is 4. The first-order valence-corrected chi connectivity index (χ1v) is 10.4. The van der Waals surface area contributed by atoms with E-state index in [4.69, 9.17) is 0 Å². The van der Waals surface area contributed by atoms with Gasteiger partial charge in [0.25, 0.3) is 0 Å². The average molecular weight is 393 g/mol. The number of piperidine rings is 1. The second kappa shape index (κ2) is 7.60. The van der Waals surface area contributed by atoms with E-state index < -0.39 is 23.7 Å². The Balaban J connectivity index is 2.24. The van der Waals surface area contributed by atoms with Crippen LogP contribution in [0.25, 0.3) is 0 Å². The van der Waals surface area contributed by atoms with Gasteiger partial charge in [-0.2, -0.15) is 0 Å². The summed E-state index contributed by atoms with van der Waals surface area (Å²) in [5.74, 6) is -1.26. The minimum Gasteiger partial charge on any atom is -0.344 e. The molecule has 5 atom stereocenters. The molecule has 2 aliphatic rings. The van der Waals surface area contributed by atoms with Crippen molar-refractivity contribution in [2.75, 3.05) is 6.54 Å². The third-order valence-corrected chi connectivity index (χ3v) is 6.99. The van der Waals surface area contributed by atoms with Gasteiger partial charge in [0.05, 0.1) is 6.04 Å². The van der Waals surface area contributed by atoms with E-state index in [1.54, 1.807) is 4.90 Å². The van der Waals surface area contributed by atoms with Gasteiger partial charge in [0.2, 0.25) is 17.6 Å². The standard InChI is InChI=1S/C22H36N2O4/c1-9-10-15(18(26)13(3)25)23-19(27)17-16-14(22(16,7)8)11-24(17)20(28)12(2)21(4,5)6/h12,14-17H,9-11H2,1-8H3,(H,23,27)/t12-,14+,15+,16+,17+/m1/s1. The highest BCUT2D eigenvalue weighted by Gasteiger charge is 2.69. The molecular formula is C22H36N2O4. The number of hydrogen-bond acceptors (Lipinski definition) is 4. The molecule has 158 valence electrons. The van der Waals surface area contributed by atoms with E-state index in [2.05, 4.69) is 19.2 Å². The molecule has 0 spiro atoms. The quantitative estimate of drug-likeness (QED) is 0.675. The van der Waals surface area contributed by atoms with E-state index in [0.29, 0.717) is 25.3 Å². The number of carbonyl (C=O) groups is 4. The van der Waals surface area contributed by atoms with E-state index in [0.717, 1.165) is 0 Å². The van der Waals surface area contributed by atoms with Gasteiger partial charge in [0.15, 0.2) is 5.78 Å². The van der Waals surface area contributed by atoms with Crippen LogP contribution in [0.5, 0.6) is 0 Å². The van der Waals surface area contributed by atoms with Crippen LogP contribution in [-0.4, -0.2) is 46.9 Å². The van der Waals surface area contributed by atoms with Gasteiger partial charge in [-0.1, -0.05) is 54.9 Å². The number of rotatable bonds is 7. The molecule has 2 rings (SSSR count). The van der Waals surface area contributed by atoms with Gasteiger partial charge in [-0.3, -0.25) is 19.2 Å². The van der Waals surface area contributed by atoms with Gasteiger partial charge < -0.3 is 10.2 Å². The lowest BCUT2D eigenvalue weighted by molar-refractivity contribution is -0.146. The average Bonchev–Trinajstić information content (AvgIpc) is 2.95. The molecule has 0 unspecified atom stereocenters. The van der Waals surface area contributed by atoms with Crippen molar-refractivity contribution < 1.29 is 19.2 Å². The first kappa shape index (κ1) is 22.6.